The number of rotatable bonds is 5. The fourth-order valence-electron chi connectivity index (χ4n) is 3.98. The lowest BCUT2D eigenvalue weighted by Gasteiger charge is -2.35. The number of hydrogen-bond donors (Lipinski definition) is 1. The van der Waals surface area contributed by atoms with Gasteiger partial charge in [0.25, 0.3) is 5.91 Å². The Labute approximate surface area is 176 Å². The van der Waals surface area contributed by atoms with Crippen LogP contribution < -0.4 is 10.2 Å². The van der Waals surface area contributed by atoms with Crippen LogP contribution in [-0.2, 0) is 19.0 Å². The zero-order chi connectivity index (χ0) is 21.1. The second-order valence-electron chi connectivity index (χ2n) is 7.77. The Kier molecular flexibility index (Phi) is 6.08. The van der Waals surface area contributed by atoms with E-state index in [-0.39, 0.29) is 24.1 Å². The first-order valence-corrected chi connectivity index (χ1v) is 10.6. The van der Waals surface area contributed by atoms with Gasteiger partial charge in [-0.05, 0) is 44.2 Å². The van der Waals surface area contributed by atoms with Crippen LogP contribution in [-0.4, -0.2) is 49.9 Å². The third-order valence-corrected chi connectivity index (χ3v) is 5.67. The summed E-state index contributed by atoms with van der Waals surface area (Å²) in [5, 5.41) is 2.92. The van der Waals surface area contributed by atoms with E-state index in [9.17, 15) is 9.59 Å². The summed E-state index contributed by atoms with van der Waals surface area (Å²) in [5.74, 6) is 0.403. The fraction of sp³-hybridized carbons (Fsp3) is 0.478. The second-order valence-corrected chi connectivity index (χ2v) is 7.77. The highest BCUT2D eigenvalue weighted by atomic mass is 16.5. The number of hydrogen-bond acceptors (Lipinski definition) is 6. The summed E-state index contributed by atoms with van der Waals surface area (Å²) < 4.78 is 17.0. The quantitative estimate of drug-likeness (QED) is 0.750. The summed E-state index contributed by atoms with van der Waals surface area (Å²) >= 11 is 0. The van der Waals surface area contributed by atoms with Crippen molar-refractivity contribution in [3.63, 3.8) is 0 Å². The summed E-state index contributed by atoms with van der Waals surface area (Å²) in [6.07, 6.45) is 6.07. The molecule has 0 aromatic heterocycles. The van der Waals surface area contributed by atoms with E-state index in [1.165, 1.54) is 0 Å². The maximum absolute atomic E-state index is 11.8. The van der Waals surface area contributed by atoms with Crippen LogP contribution in [0.5, 0.6) is 0 Å². The Bertz CT molecular complexity index is 853. The van der Waals surface area contributed by atoms with Crippen molar-refractivity contribution in [3.8, 4) is 0 Å². The summed E-state index contributed by atoms with van der Waals surface area (Å²) in [6, 6.07) is 7.56. The maximum atomic E-state index is 11.8. The molecule has 2 atom stereocenters. The molecule has 2 saturated heterocycles. The van der Waals surface area contributed by atoms with Crippen LogP contribution in [0.2, 0.25) is 0 Å². The lowest BCUT2D eigenvalue weighted by atomic mass is 10.0. The number of ether oxygens (including phenoxy) is 3. The summed E-state index contributed by atoms with van der Waals surface area (Å²) in [7, 11) is 0. The molecule has 1 N–H and O–H groups in total. The highest BCUT2D eigenvalue weighted by Crippen LogP contribution is 2.28. The predicted octanol–water partition coefficient (Wildman–Crippen LogP) is 2.92. The number of nitrogens with zero attached hydrogens (tertiary/aromatic N) is 1. The van der Waals surface area contributed by atoms with Gasteiger partial charge in [0.05, 0.1) is 17.9 Å². The van der Waals surface area contributed by atoms with E-state index in [4.69, 9.17) is 14.2 Å². The molecule has 2 heterocycles. The van der Waals surface area contributed by atoms with E-state index < -0.39 is 6.10 Å². The molecule has 1 aromatic rings. The van der Waals surface area contributed by atoms with E-state index in [2.05, 4.69) is 10.2 Å². The van der Waals surface area contributed by atoms with E-state index in [0.29, 0.717) is 18.6 Å². The Balaban J connectivity index is 1.29. The lowest BCUT2D eigenvalue weighted by Crippen LogP contribution is -2.47. The number of anilines is 1. The van der Waals surface area contributed by atoms with E-state index >= 15 is 0 Å². The molecule has 0 radical (unpaired) electrons. The van der Waals surface area contributed by atoms with Crippen molar-refractivity contribution < 1.29 is 23.8 Å². The van der Waals surface area contributed by atoms with Crippen LogP contribution in [0.25, 0.3) is 0 Å². The fourth-order valence-corrected chi connectivity index (χ4v) is 3.98. The van der Waals surface area contributed by atoms with Gasteiger partial charge in [-0.3, -0.25) is 4.79 Å². The molecule has 1 amide bonds. The van der Waals surface area contributed by atoms with Crippen molar-refractivity contribution in [2.24, 2.45) is 0 Å². The molecule has 7 nitrogen and oxygen atoms in total. The predicted molar refractivity (Wildman–Crippen MR) is 112 cm³/mol. The van der Waals surface area contributed by atoms with Gasteiger partial charge in [0.15, 0.2) is 0 Å². The summed E-state index contributed by atoms with van der Waals surface area (Å²) in [5.41, 5.74) is 2.46. The maximum Gasteiger partial charge on any atom is 0.338 e. The number of esters is 1. The van der Waals surface area contributed by atoms with Gasteiger partial charge in [0.2, 0.25) is 0 Å². The first kappa shape index (κ1) is 20.5. The third-order valence-electron chi connectivity index (χ3n) is 5.67. The topological polar surface area (TPSA) is 77.1 Å². The lowest BCUT2D eigenvalue weighted by molar-refractivity contribution is -0.138. The molecule has 0 bridgehead atoms. The molecule has 3 aliphatic rings. The normalized spacial score (nSPS) is 24.3. The van der Waals surface area contributed by atoms with Crippen LogP contribution in [0.15, 0.2) is 47.9 Å². The number of allylic oxidation sites excluding steroid dienone is 1. The van der Waals surface area contributed by atoms with Gasteiger partial charge >= 0.3 is 5.97 Å². The Morgan fingerprint density at radius 3 is 2.67 bits per heavy atom. The van der Waals surface area contributed by atoms with Crippen molar-refractivity contribution in [2.75, 3.05) is 24.6 Å². The van der Waals surface area contributed by atoms with Crippen LogP contribution >= 0.6 is 0 Å². The first-order valence-electron chi connectivity index (χ1n) is 10.6. The largest absolute Gasteiger partial charge is 0.491 e. The van der Waals surface area contributed by atoms with Crippen LogP contribution in [0, 0.1) is 0 Å². The van der Waals surface area contributed by atoms with Crippen molar-refractivity contribution in [1.29, 1.82) is 0 Å². The molecular formula is C23H28N2O5. The van der Waals surface area contributed by atoms with Crippen molar-refractivity contribution in [3.05, 3.63) is 53.4 Å². The van der Waals surface area contributed by atoms with Crippen molar-refractivity contribution in [1.82, 2.24) is 5.32 Å². The minimum Gasteiger partial charge on any atom is -0.491 e. The first-order chi connectivity index (χ1) is 14.5. The number of nitrogens with one attached hydrogen (secondary N) is 1. The number of amides is 1. The Morgan fingerprint density at radius 2 is 1.97 bits per heavy atom. The number of piperidine rings is 1. The number of fused-ring (bicyclic) bond motifs is 1. The molecule has 2 fully saturated rings. The van der Waals surface area contributed by atoms with Gasteiger partial charge in [-0.2, -0.15) is 0 Å². The average Bonchev–Trinajstić information content (AvgIpc) is 2.76. The average molecular weight is 412 g/mol. The van der Waals surface area contributed by atoms with Gasteiger partial charge in [-0.25, -0.2) is 4.79 Å². The van der Waals surface area contributed by atoms with Gasteiger partial charge in [-0.15, -0.1) is 0 Å². The van der Waals surface area contributed by atoms with Crippen molar-refractivity contribution >= 4 is 17.6 Å². The molecule has 2 unspecified atom stereocenters. The molecule has 0 saturated carbocycles. The SMILES string of the molecule is CCOC(=O)c1ccc(N2CCC(OC3=CCC4OC(C)C(=O)NC4=C3)CC2)cc1. The van der Waals surface area contributed by atoms with Crippen LogP contribution in [0.4, 0.5) is 5.69 Å². The smallest absolute Gasteiger partial charge is 0.338 e. The molecule has 0 spiro atoms. The second kappa shape index (κ2) is 8.92. The third kappa shape index (κ3) is 4.51. The minimum atomic E-state index is -0.418. The zero-order valence-corrected chi connectivity index (χ0v) is 17.4. The van der Waals surface area contributed by atoms with E-state index in [1.54, 1.807) is 13.8 Å². The molecule has 2 aliphatic heterocycles. The standard InChI is InChI=1S/C23H28N2O5/c1-3-28-23(27)16-4-6-17(7-5-16)25-12-10-18(11-13-25)30-19-8-9-21-20(14-19)24-22(26)15(2)29-21/h4-8,14-15,18,21H,3,9-13H2,1-2H3,(H,24,26). The zero-order valence-electron chi connectivity index (χ0n) is 17.4. The van der Waals surface area contributed by atoms with E-state index in [1.807, 2.05) is 36.4 Å². The minimum absolute atomic E-state index is 0.0931. The number of carbonyl (C=O) groups excluding carboxylic acids is 2. The Hall–Kier alpha value is -2.80. The molecular weight excluding hydrogens is 384 g/mol. The van der Waals surface area contributed by atoms with Gasteiger partial charge in [0, 0.05) is 44.1 Å². The molecule has 30 heavy (non-hydrogen) atoms. The van der Waals surface area contributed by atoms with Crippen LogP contribution in [0.1, 0.15) is 43.5 Å². The monoisotopic (exact) mass is 412 g/mol. The number of carbonyl (C=O) groups is 2. The summed E-state index contributed by atoms with van der Waals surface area (Å²) in [4.78, 5) is 25.9. The number of morpholine rings is 1. The molecule has 1 aromatic carbocycles. The highest BCUT2D eigenvalue weighted by Gasteiger charge is 2.32. The molecule has 4 rings (SSSR count). The highest BCUT2D eigenvalue weighted by molar-refractivity contribution is 5.89. The van der Waals surface area contributed by atoms with Crippen molar-refractivity contribution in [2.45, 2.75) is 51.4 Å². The Morgan fingerprint density at radius 1 is 1.23 bits per heavy atom. The molecule has 7 heteroatoms. The van der Waals surface area contributed by atoms with E-state index in [0.717, 1.165) is 43.1 Å². The van der Waals surface area contributed by atoms with Crippen LogP contribution in [0.3, 0.4) is 0 Å². The van der Waals surface area contributed by atoms with Gasteiger partial charge < -0.3 is 24.4 Å². The summed E-state index contributed by atoms with van der Waals surface area (Å²) in [6.45, 7) is 5.71. The van der Waals surface area contributed by atoms with Gasteiger partial charge in [0.1, 0.15) is 24.1 Å². The molecule has 1 aliphatic carbocycles. The van der Waals surface area contributed by atoms with Gasteiger partial charge in [-0.1, -0.05) is 0 Å². The number of benzene rings is 1. The molecule has 160 valence electrons.